The third kappa shape index (κ3) is 45.4. The summed E-state index contributed by atoms with van der Waals surface area (Å²) in [5.41, 5.74) is 0. The molecule has 8 heavy (non-hydrogen) atoms. The van der Waals surface area contributed by atoms with E-state index >= 15 is 0 Å². The molecule has 0 rings (SSSR count). The van der Waals surface area contributed by atoms with Crippen molar-refractivity contribution < 1.29 is 0 Å². The number of hydrogen-bond donors (Lipinski definition) is 0. The van der Waals surface area contributed by atoms with Gasteiger partial charge in [0.05, 0.1) is 0 Å². The van der Waals surface area contributed by atoms with Gasteiger partial charge in [-0.15, -0.1) is 0 Å². The molecule has 0 saturated heterocycles. The van der Waals surface area contributed by atoms with Gasteiger partial charge in [-0.25, -0.2) is 0 Å². The van der Waals surface area contributed by atoms with E-state index in [1.54, 1.807) is 0 Å². The molecule has 0 unspecified atom stereocenters. The zero-order valence-corrected chi connectivity index (χ0v) is 3.00. The summed E-state index contributed by atoms with van der Waals surface area (Å²) >= 11 is 0. The molecule has 43 valence electrons. The van der Waals surface area contributed by atoms with Crippen LogP contribution in [0.4, 0.5) is 0 Å². The van der Waals surface area contributed by atoms with E-state index in [4.69, 9.17) is 0 Å². The van der Waals surface area contributed by atoms with Crippen molar-refractivity contribution in [2.45, 2.75) is 0 Å². The Morgan fingerprint density at radius 2 is 0.250 bits per heavy atom. The Kier molecular flexibility index (Phi) is 591. The molecule has 0 aromatic carbocycles. The van der Waals surface area contributed by atoms with Gasteiger partial charge in [-0.1, -0.05) is 0 Å². The fraction of sp³-hybridized carbons (Fsp3) is 0. The molecule has 0 amide bonds. The average molecular weight is 233 g/mol. The minimum atomic E-state index is 0. The first kappa shape index (κ1) is 78.3. The van der Waals surface area contributed by atoms with E-state index in [1.165, 1.54) is 0 Å². The molecule has 0 aliphatic heterocycles. The summed E-state index contributed by atoms with van der Waals surface area (Å²) < 4.78 is 0. The van der Waals surface area contributed by atoms with Crippen molar-refractivity contribution >= 4 is 151 Å². The molecule has 0 nitrogen and oxygen atoms in total. The molecule has 8 heteroatoms. The topological polar surface area (TPSA) is 0 Å². The van der Waals surface area contributed by atoms with Gasteiger partial charge in [-0.05, 0) is 0 Å². The second-order valence-corrected chi connectivity index (χ2v) is 0. The minimum absolute atomic E-state index is 0. The largest absolute Gasteiger partial charge is 0.187 e. The van der Waals surface area contributed by atoms with Crippen LogP contribution >= 0.6 is 0 Å². The van der Waals surface area contributed by atoms with Crippen LogP contribution < -0.4 is 0 Å². The third-order valence-corrected chi connectivity index (χ3v) is 0. The number of hydrogen-bond acceptors (Lipinski definition) is 0. The minimum Gasteiger partial charge on any atom is 0 e. The molecule has 0 saturated carbocycles. The van der Waals surface area contributed by atoms with Crippen molar-refractivity contribution in [3.8, 4) is 0 Å². The van der Waals surface area contributed by atoms with E-state index in [-0.39, 0.29) is 151 Å². The van der Waals surface area contributed by atoms with Crippen LogP contribution in [0, 0.1) is 0 Å². The molecule has 0 N–H and O–H groups in total. The second kappa shape index (κ2) is 60.4. The Balaban J connectivity index is 0. The van der Waals surface area contributed by atoms with Gasteiger partial charge in [0.15, 0.2) is 122 Å². The van der Waals surface area contributed by atoms with Crippen molar-refractivity contribution in [2.24, 2.45) is 0 Å². The molecule has 0 aliphatic rings. The maximum atomic E-state index is 0. The van der Waals surface area contributed by atoms with E-state index < -0.39 is 0 Å². The van der Waals surface area contributed by atoms with Crippen LogP contribution in [0.3, 0.4) is 0 Å². The summed E-state index contributed by atoms with van der Waals surface area (Å²) in [4.78, 5) is 0. The fourth-order valence-electron chi connectivity index (χ4n) is 0. The maximum absolute atomic E-state index is 0. The SMILES string of the molecule is [AlH3].[AlH3].[AlH3].[AlH3].[AlH3].[AlH3].[AlH3].[Na]. The third-order valence-electron chi connectivity index (χ3n) is 0. The summed E-state index contributed by atoms with van der Waals surface area (Å²) in [7, 11) is 0. The summed E-state index contributed by atoms with van der Waals surface area (Å²) in [5, 5.41) is 0. The van der Waals surface area contributed by atoms with Crippen LogP contribution in [-0.2, 0) is 0 Å². The smallest absolute Gasteiger partial charge is 0 e. The van der Waals surface area contributed by atoms with Gasteiger partial charge in [-0.2, -0.15) is 0 Å². The van der Waals surface area contributed by atoms with Crippen LogP contribution in [0.2, 0.25) is 0 Å². The molecule has 0 bridgehead atoms. The molecular formula is H21Al7Na. The Morgan fingerprint density at radius 3 is 0.250 bits per heavy atom. The second-order valence-electron chi connectivity index (χ2n) is 0. The molecule has 1 radical (unpaired) electrons. The quantitative estimate of drug-likeness (QED) is 0.364. The standard InChI is InChI=1S/7Al.Na.21H. The molecule has 0 spiro atoms. The predicted molar refractivity (Wildman–Crippen MR) is 75.3 cm³/mol. The van der Waals surface area contributed by atoms with Crippen LogP contribution in [0.1, 0.15) is 0 Å². The van der Waals surface area contributed by atoms with Gasteiger partial charge < -0.3 is 0 Å². The summed E-state index contributed by atoms with van der Waals surface area (Å²) in [6.45, 7) is 0. The first-order chi connectivity index (χ1) is 0. The summed E-state index contributed by atoms with van der Waals surface area (Å²) in [6, 6.07) is 0. The molecule has 0 heterocycles. The molecule has 0 atom stereocenters. The fourth-order valence-corrected chi connectivity index (χ4v) is 0. The van der Waals surface area contributed by atoms with Crippen LogP contribution in [-0.4, -0.2) is 151 Å². The summed E-state index contributed by atoms with van der Waals surface area (Å²) in [6.07, 6.45) is 0. The van der Waals surface area contributed by atoms with E-state index in [0.29, 0.717) is 0 Å². The Labute approximate surface area is 148 Å². The van der Waals surface area contributed by atoms with E-state index in [2.05, 4.69) is 0 Å². The normalized spacial score (nSPS) is 0. The Bertz CT molecular complexity index is 4.35. The Morgan fingerprint density at radius 1 is 0.250 bits per heavy atom. The molecule has 0 aromatic heterocycles. The molecular weight excluding hydrogens is 212 g/mol. The van der Waals surface area contributed by atoms with Gasteiger partial charge in [0.1, 0.15) is 0 Å². The first-order valence-corrected chi connectivity index (χ1v) is 0. The zero-order valence-electron chi connectivity index (χ0n) is 1.00. The van der Waals surface area contributed by atoms with E-state index in [9.17, 15) is 0 Å². The van der Waals surface area contributed by atoms with Gasteiger partial charge in [0.2, 0.25) is 0 Å². The van der Waals surface area contributed by atoms with Gasteiger partial charge in [-0.3, -0.25) is 0 Å². The van der Waals surface area contributed by atoms with Gasteiger partial charge in [0.25, 0.3) is 0 Å². The average Bonchev–Trinajstić information content (AvgIpc) is 0. The van der Waals surface area contributed by atoms with Crippen molar-refractivity contribution in [2.75, 3.05) is 0 Å². The van der Waals surface area contributed by atoms with Crippen LogP contribution in [0.5, 0.6) is 0 Å². The summed E-state index contributed by atoms with van der Waals surface area (Å²) in [5.74, 6) is 0. The van der Waals surface area contributed by atoms with Crippen LogP contribution in [0.25, 0.3) is 0 Å². The van der Waals surface area contributed by atoms with Crippen molar-refractivity contribution in [3.63, 3.8) is 0 Å². The van der Waals surface area contributed by atoms with Gasteiger partial charge in [0, 0.05) is 29.6 Å². The maximum Gasteiger partial charge on any atom is 0.187 e. The van der Waals surface area contributed by atoms with Crippen LogP contribution in [0.15, 0.2) is 0 Å². The number of rotatable bonds is 0. The first-order valence-electron chi connectivity index (χ1n) is 0. The van der Waals surface area contributed by atoms with Crippen molar-refractivity contribution in [1.29, 1.82) is 0 Å². The van der Waals surface area contributed by atoms with Crippen molar-refractivity contribution in [3.05, 3.63) is 0 Å². The molecule has 0 aromatic rings. The zero-order chi connectivity index (χ0) is 0. The predicted octanol–water partition coefficient (Wildman–Crippen LogP) is -8.67. The monoisotopic (exact) mass is 233 g/mol. The van der Waals surface area contributed by atoms with E-state index in [0.717, 1.165) is 0 Å². The van der Waals surface area contributed by atoms with E-state index in [1.807, 2.05) is 0 Å². The Hall–Kier alpha value is 4.73. The van der Waals surface area contributed by atoms with Gasteiger partial charge >= 0.3 is 0 Å². The molecule has 0 fully saturated rings. The van der Waals surface area contributed by atoms with Crippen molar-refractivity contribution in [1.82, 2.24) is 0 Å². The molecule has 0 aliphatic carbocycles.